The number of carbonyl (C=O) groups is 1. The Balaban J connectivity index is 1.28. The van der Waals surface area contributed by atoms with Crippen molar-refractivity contribution in [3.8, 4) is 11.5 Å². The van der Waals surface area contributed by atoms with Crippen LogP contribution in [-0.4, -0.2) is 38.4 Å². The SMILES string of the molecule is O=C1/C(=C/c2cccc([N+](=O)[O-])c2)Oc2c1ccc(O)c2CN1C[C@H]2C[C@@H](C1)c1cccc(=O)n1C2. The lowest BCUT2D eigenvalue weighted by Gasteiger charge is -2.42. The van der Waals surface area contributed by atoms with Crippen molar-refractivity contribution >= 4 is 17.5 Å². The molecule has 182 valence electrons. The van der Waals surface area contributed by atoms with E-state index in [4.69, 9.17) is 4.74 Å². The number of nitro groups is 1. The highest BCUT2D eigenvalue weighted by atomic mass is 16.6. The summed E-state index contributed by atoms with van der Waals surface area (Å²) in [5.41, 5.74) is 2.36. The van der Waals surface area contributed by atoms with Gasteiger partial charge in [-0.05, 0) is 42.2 Å². The Labute approximate surface area is 206 Å². The Bertz CT molecular complexity index is 1510. The molecular formula is C27H23N3O6. The highest BCUT2D eigenvalue weighted by molar-refractivity contribution is 6.15. The predicted molar refractivity (Wildman–Crippen MR) is 131 cm³/mol. The third kappa shape index (κ3) is 3.77. The van der Waals surface area contributed by atoms with E-state index in [0.717, 1.165) is 25.2 Å². The summed E-state index contributed by atoms with van der Waals surface area (Å²) in [4.78, 5) is 38.2. The first-order valence-corrected chi connectivity index (χ1v) is 11.8. The van der Waals surface area contributed by atoms with Crippen LogP contribution < -0.4 is 10.3 Å². The first-order chi connectivity index (χ1) is 17.4. The van der Waals surface area contributed by atoms with Crippen LogP contribution in [0.25, 0.3) is 6.08 Å². The molecule has 0 spiro atoms. The number of nitrogens with zero attached hydrogens (tertiary/aromatic N) is 3. The van der Waals surface area contributed by atoms with Gasteiger partial charge in [0.05, 0.1) is 16.1 Å². The Morgan fingerprint density at radius 1 is 1.08 bits per heavy atom. The largest absolute Gasteiger partial charge is 0.507 e. The Hall–Kier alpha value is -4.24. The molecule has 6 rings (SSSR count). The minimum Gasteiger partial charge on any atom is -0.507 e. The standard InChI is InChI=1S/C27H23N3O6/c31-23-8-7-20-26(33)24(11-16-3-1-4-19(10-16)30(34)35)36-27(20)21(23)15-28-12-17-9-18(14-28)22-5-2-6-25(32)29(22)13-17/h1-8,10-11,17-18,31H,9,12-15H2/b24-11-/t17-,18+/m1/s1. The predicted octanol–water partition coefficient (Wildman–Crippen LogP) is 3.70. The van der Waals surface area contributed by atoms with E-state index in [1.54, 1.807) is 30.3 Å². The van der Waals surface area contributed by atoms with Crippen molar-refractivity contribution in [2.45, 2.75) is 25.4 Å². The molecule has 2 bridgehead atoms. The van der Waals surface area contributed by atoms with Gasteiger partial charge in [-0.15, -0.1) is 0 Å². The van der Waals surface area contributed by atoms with Gasteiger partial charge in [0.1, 0.15) is 11.5 Å². The van der Waals surface area contributed by atoms with Gasteiger partial charge in [-0.25, -0.2) is 0 Å². The van der Waals surface area contributed by atoms with Crippen molar-refractivity contribution in [3.63, 3.8) is 0 Å². The fourth-order valence-electron chi connectivity index (χ4n) is 5.68. The molecule has 0 saturated carbocycles. The second-order valence-electron chi connectivity index (χ2n) is 9.62. The molecule has 0 amide bonds. The average Bonchev–Trinajstić information content (AvgIpc) is 3.17. The average molecular weight is 485 g/mol. The highest BCUT2D eigenvalue weighted by Gasteiger charge is 2.36. The number of allylic oxidation sites excluding steroid dienone is 1. The minimum absolute atomic E-state index is 0.0316. The first kappa shape index (κ1) is 22.2. The Kier molecular flexibility index (Phi) is 5.22. The maximum absolute atomic E-state index is 13.0. The van der Waals surface area contributed by atoms with Gasteiger partial charge in [0.2, 0.25) is 5.78 Å². The molecule has 36 heavy (non-hydrogen) atoms. The molecule has 0 radical (unpaired) electrons. The number of likely N-dealkylation sites (tertiary alicyclic amines) is 1. The molecule has 0 unspecified atom stereocenters. The normalized spacial score (nSPS) is 21.7. The molecular weight excluding hydrogens is 462 g/mol. The van der Waals surface area contributed by atoms with Crippen LogP contribution in [0.15, 0.2) is 65.2 Å². The highest BCUT2D eigenvalue weighted by Crippen LogP contribution is 2.42. The first-order valence-electron chi connectivity index (χ1n) is 11.8. The number of phenolic OH excluding ortho intramolecular Hbond substituents is 1. The van der Waals surface area contributed by atoms with Gasteiger partial charge in [0, 0.05) is 56.0 Å². The lowest BCUT2D eigenvalue weighted by atomic mass is 9.83. The Morgan fingerprint density at radius 3 is 2.75 bits per heavy atom. The number of ketones is 1. The van der Waals surface area contributed by atoms with E-state index in [9.17, 15) is 24.8 Å². The fourth-order valence-corrected chi connectivity index (χ4v) is 5.68. The quantitative estimate of drug-likeness (QED) is 0.340. The molecule has 3 aliphatic rings. The monoisotopic (exact) mass is 485 g/mol. The van der Waals surface area contributed by atoms with E-state index < -0.39 is 4.92 Å². The summed E-state index contributed by atoms with van der Waals surface area (Å²) in [6.07, 6.45) is 2.50. The second-order valence-corrected chi connectivity index (χ2v) is 9.62. The minimum atomic E-state index is -0.493. The second kappa shape index (κ2) is 8.46. The molecule has 1 saturated heterocycles. The number of pyridine rings is 1. The van der Waals surface area contributed by atoms with E-state index in [2.05, 4.69) is 4.90 Å². The van der Waals surface area contributed by atoms with Gasteiger partial charge in [-0.2, -0.15) is 0 Å². The van der Waals surface area contributed by atoms with E-state index in [1.165, 1.54) is 24.3 Å². The number of benzene rings is 2. The zero-order valence-electron chi connectivity index (χ0n) is 19.3. The van der Waals surface area contributed by atoms with Gasteiger partial charge in [-0.1, -0.05) is 18.2 Å². The van der Waals surface area contributed by atoms with Crippen molar-refractivity contribution in [1.82, 2.24) is 9.47 Å². The number of ether oxygens (including phenoxy) is 1. The maximum atomic E-state index is 13.0. The van der Waals surface area contributed by atoms with Crippen molar-refractivity contribution in [1.29, 1.82) is 0 Å². The molecule has 1 N–H and O–H groups in total. The van der Waals surface area contributed by atoms with Crippen LogP contribution >= 0.6 is 0 Å². The van der Waals surface area contributed by atoms with Crippen LogP contribution in [0.5, 0.6) is 11.5 Å². The number of nitro benzene ring substituents is 1. The van der Waals surface area contributed by atoms with Crippen LogP contribution in [0.4, 0.5) is 5.69 Å². The smallest absolute Gasteiger partial charge is 0.270 e. The molecule has 3 aromatic rings. The Morgan fingerprint density at radius 2 is 1.92 bits per heavy atom. The number of rotatable bonds is 4. The van der Waals surface area contributed by atoms with Crippen molar-refractivity contribution in [3.05, 3.63) is 103 Å². The molecule has 0 aliphatic carbocycles. The zero-order chi connectivity index (χ0) is 25.0. The third-order valence-corrected chi connectivity index (χ3v) is 7.23. The van der Waals surface area contributed by atoms with Gasteiger partial charge in [-0.3, -0.25) is 24.6 Å². The number of aromatic nitrogens is 1. The van der Waals surface area contributed by atoms with E-state index >= 15 is 0 Å². The summed E-state index contributed by atoms with van der Waals surface area (Å²) in [6.45, 7) is 2.57. The molecule has 1 aromatic heterocycles. The number of hydrogen-bond acceptors (Lipinski definition) is 7. The lowest BCUT2D eigenvalue weighted by Crippen LogP contribution is -2.46. The van der Waals surface area contributed by atoms with E-state index in [-0.39, 0.29) is 34.5 Å². The van der Waals surface area contributed by atoms with Gasteiger partial charge >= 0.3 is 0 Å². The zero-order valence-corrected chi connectivity index (χ0v) is 19.3. The van der Waals surface area contributed by atoms with Crippen LogP contribution in [0, 0.1) is 16.0 Å². The van der Waals surface area contributed by atoms with Crippen molar-refractivity contribution in [2.24, 2.45) is 5.92 Å². The van der Waals surface area contributed by atoms with Crippen LogP contribution in [0.1, 0.15) is 39.5 Å². The number of non-ortho nitro benzene ring substituents is 1. The number of hydrogen-bond donors (Lipinski definition) is 1. The molecule has 2 atom stereocenters. The molecule has 1 fully saturated rings. The summed E-state index contributed by atoms with van der Waals surface area (Å²) >= 11 is 0. The summed E-state index contributed by atoms with van der Waals surface area (Å²) in [7, 11) is 0. The van der Waals surface area contributed by atoms with Gasteiger partial charge in [0.25, 0.3) is 11.2 Å². The molecule has 9 heteroatoms. The summed E-state index contributed by atoms with van der Waals surface area (Å²) in [5.74, 6) is 0.636. The molecule has 2 aromatic carbocycles. The lowest BCUT2D eigenvalue weighted by molar-refractivity contribution is -0.384. The molecule has 9 nitrogen and oxygen atoms in total. The number of Topliss-reactive ketones (excluding diaryl/α,β-unsaturated/α-hetero) is 1. The summed E-state index contributed by atoms with van der Waals surface area (Å²) in [6, 6.07) is 14.4. The van der Waals surface area contributed by atoms with Crippen LogP contribution in [0.3, 0.4) is 0 Å². The summed E-state index contributed by atoms with van der Waals surface area (Å²) in [5, 5.41) is 21.8. The van der Waals surface area contributed by atoms with E-state index in [0.29, 0.717) is 41.4 Å². The van der Waals surface area contributed by atoms with Crippen LogP contribution in [0.2, 0.25) is 0 Å². The van der Waals surface area contributed by atoms with Crippen molar-refractivity contribution in [2.75, 3.05) is 13.1 Å². The number of phenols is 1. The number of piperidine rings is 1. The van der Waals surface area contributed by atoms with Crippen molar-refractivity contribution < 1.29 is 19.6 Å². The molecule has 4 heterocycles. The van der Waals surface area contributed by atoms with E-state index in [1.807, 2.05) is 10.6 Å². The number of carbonyl (C=O) groups excluding carboxylic acids is 1. The van der Waals surface area contributed by atoms with Gasteiger partial charge in [0.15, 0.2) is 5.76 Å². The fraction of sp³-hybridized carbons (Fsp3) is 0.259. The maximum Gasteiger partial charge on any atom is 0.270 e. The topological polar surface area (TPSA) is 115 Å². The number of fused-ring (bicyclic) bond motifs is 5. The summed E-state index contributed by atoms with van der Waals surface area (Å²) < 4.78 is 7.83. The third-order valence-electron chi connectivity index (χ3n) is 7.23. The molecule has 3 aliphatic heterocycles. The van der Waals surface area contributed by atoms with Crippen LogP contribution in [-0.2, 0) is 13.1 Å². The van der Waals surface area contributed by atoms with Gasteiger partial charge < -0.3 is 14.4 Å². The number of aromatic hydroxyl groups is 1.